The summed E-state index contributed by atoms with van der Waals surface area (Å²) in [7, 11) is 1.64. The fourth-order valence-electron chi connectivity index (χ4n) is 2.82. The summed E-state index contributed by atoms with van der Waals surface area (Å²) < 4.78 is 12.5. The normalized spacial score (nSPS) is 13.7. The molecule has 1 aliphatic rings. The zero-order valence-electron chi connectivity index (χ0n) is 15.1. The number of carbonyl (C=O) groups excluding carboxylic acids is 1. The van der Waals surface area contributed by atoms with Crippen LogP contribution in [0.3, 0.4) is 0 Å². The number of benzene rings is 1. The Morgan fingerprint density at radius 1 is 1.24 bits per heavy atom. The molecule has 134 valence electrons. The Hall–Kier alpha value is -2.70. The fraction of sp³-hybridized carbons (Fsp3) is 0.444. The second kappa shape index (κ2) is 6.31. The van der Waals surface area contributed by atoms with Crippen LogP contribution < -0.4 is 10.5 Å². The van der Waals surface area contributed by atoms with Crippen molar-refractivity contribution in [2.24, 2.45) is 0 Å². The van der Waals surface area contributed by atoms with Gasteiger partial charge in [-0.15, -0.1) is 0 Å². The van der Waals surface area contributed by atoms with Crippen molar-refractivity contribution >= 4 is 11.9 Å². The van der Waals surface area contributed by atoms with Crippen molar-refractivity contribution in [3.63, 3.8) is 0 Å². The molecule has 7 nitrogen and oxygen atoms in total. The zero-order chi connectivity index (χ0) is 18.2. The fourth-order valence-corrected chi connectivity index (χ4v) is 2.82. The summed E-state index contributed by atoms with van der Waals surface area (Å²) in [6.45, 7) is 7.03. The van der Waals surface area contributed by atoms with Gasteiger partial charge in [-0.1, -0.05) is 12.1 Å². The molecule has 0 aliphatic carbocycles. The molecule has 0 bridgehead atoms. The number of nitrogens with zero attached hydrogens (tertiary/aromatic N) is 3. The number of carbonyl (C=O) groups is 1. The van der Waals surface area contributed by atoms with E-state index in [4.69, 9.17) is 15.2 Å². The first kappa shape index (κ1) is 17.1. The molecule has 25 heavy (non-hydrogen) atoms. The van der Waals surface area contributed by atoms with E-state index >= 15 is 0 Å². The predicted molar refractivity (Wildman–Crippen MR) is 94.2 cm³/mol. The monoisotopic (exact) mass is 344 g/mol. The van der Waals surface area contributed by atoms with E-state index in [1.54, 1.807) is 12.0 Å². The van der Waals surface area contributed by atoms with Crippen LogP contribution >= 0.6 is 0 Å². The molecule has 0 radical (unpaired) electrons. The van der Waals surface area contributed by atoms with Gasteiger partial charge in [-0.2, -0.15) is 5.10 Å². The van der Waals surface area contributed by atoms with Gasteiger partial charge in [-0.3, -0.25) is 9.58 Å². The molecule has 1 aromatic carbocycles. The number of aromatic nitrogens is 2. The summed E-state index contributed by atoms with van der Waals surface area (Å²) in [6.07, 6.45) is -0.334. The van der Waals surface area contributed by atoms with Gasteiger partial charge in [0.05, 0.1) is 32.4 Å². The van der Waals surface area contributed by atoms with Crippen molar-refractivity contribution in [2.45, 2.75) is 46.0 Å². The lowest BCUT2D eigenvalue weighted by Crippen LogP contribution is -2.33. The van der Waals surface area contributed by atoms with Crippen LogP contribution in [-0.4, -0.2) is 33.5 Å². The predicted octanol–water partition coefficient (Wildman–Crippen LogP) is 2.77. The molecule has 1 aliphatic heterocycles. The van der Waals surface area contributed by atoms with Crippen LogP contribution in [0.15, 0.2) is 24.3 Å². The van der Waals surface area contributed by atoms with Gasteiger partial charge in [0.15, 0.2) is 5.82 Å². The lowest BCUT2D eigenvalue weighted by molar-refractivity contribution is 0.0238. The van der Waals surface area contributed by atoms with Crippen LogP contribution in [0.1, 0.15) is 37.6 Å². The van der Waals surface area contributed by atoms with E-state index in [0.717, 1.165) is 22.6 Å². The second-order valence-corrected chi connectivity index (χ2v) is 7.15. The second-order valence-electron chi connectivity index (χ2n) is 7.15. The van der Waals surface area contributed by atoms with Crippen LogP contribution in [0, 0.1) is 0 Å². The van der Waals surface area contributed by atoms with Crippen molar-refractivity contribution in [2.75, 3.05) is 12.8 Å². The standard InChI is InChI=1S/C18H24N4O3/c1-18(2,3)25-17(23)21-10-14-15(11-21)22(20-16(14)19)9-12-5-7-13(24-4)8-6-12/h5-8H,9-11H2,1-4H3,(H2,19,20). The van der Waals surface area contributed by atoms with Gasteiger partial charge in [0, 0.05) is 5.56 Å². The van der Waals surface area contributed by atoms with Crippen molar-refractivity contribution < 1.29 is 14.3 Å². The maximum Gasteiger partial charge on any atom is 0.410 e. The van der Waals surface area contributed by atoms with Gasteiger partial charge in [-0.05, 0) is 38.5 Å². The Labute approximate surface area is 147 Å². The Balaban J connectivity index is 1.76. The van der Waals surface area contributed by atoms with Crippen LogP contribution in [0.4, 0.5) is 10.6 Å². The number of fused-ring (bicyclic) bond motifs is 1. The minimum atomic E-state index is -0.521. The number of methoxy groups -OCH3 is 1. The maximum absolute atomic E-state index is 12.3. The molecule has 2 N–H and O–H groups in total. The number of hydrogen-bond donors (Lipinski definition) is 1. The quantitative estimate of drug-likeness (QED) is 0.926. The Morgan fingerprint density at radius 2 is 1.92 bits per heavy atom. The topological polar surface area (TPSA) is 82.6 Å². The van der Waals surface area contributed by atoms with Crippen LogP contribution in [0.25, 0.3) is 0 Å². The first-order valence-electron chi connectivity index (χ1n) is 8.21. The van der Waals surface area contributed by atoms with Crippen LogP contribution in [0.5, 0.6) is 5.75 Å². The average molecular weight is 344 g/mol. The molecular weight excluding hydrogens is 320 g/mol. The number of nitrogen functional groups attached to an aromatic ring is 1. The first-order chi connectivity index (χ1) is 11.8. The van der Waals surface area contributed by atoms with Crippen LogP contribution in [-0.2, 0) is 24.4 Å². The Bertz CT molecular complexity index is 775. The van der Waals surface area contributed by atoms with Gasteiger partial charge >= 0.3 is 6.09 Å². The lowest BCUT2D eigenvalue weighted by Gasteiger charge is -2.24. The summed E-state index contributed by atoms with van der Waals surface area (Å²) in [6, 6.07) is 7.80. The van der Waals surface area contributed by atoms with Crippen molar-refractivity contribution in [3.05, 3.63) is 41.1 Å². The van der Waals surface area contributed by atoms with Gasteiger partial charge in [-0.25, -0.2) is 4.79 Å². The minimum Gasteiger partial charge on any atom is -0.497 e. The number of ether oxygens (including phenoxy) is 2. The van der Waals surface area contributed by atoms with Gasteiger partial charge in [0.2, 0.25) is 0 Å². The van der Waals surface area contributed by atoms with Crippen molar-refractivity contribution in [1.82, 2.24) is 14.7 Å². The lowest BCUT2D eigenvalue weighted by atomic mass is 10.2. The highest BCUT2D eigenvalue weighted by atomic mass is 16.6. The summed E-state index contributed by atoms with van der Waals surface area (Å²) >= 11 is 0. The first-order valence-corrected chi connectivity index (χ1v) is 8.21. The van der Waals surface area contributed by atoms with E-state index in [9.17, 15) is 4.79 Å². The van der Waals surface area contributed by atoms with E-state index in [2.05, 4.69) is 5.10 Å². The third-order valence-corrected chi connectivity index (χ3v) is 4.03. The SMILES string of the molecule is COc1ccc(Cn2nc(N)c3c2CN(C(=O)OC(C)(C)C)C3)cc1. The molecule has 2 aromatic rings. The summed E-state index contributed by atoms with van der Waals surface area (Å²) in [5.41, 5.74) is 8.47. The highest BCUT2D eigenvalue weighted by Crippen LogP contribution is 2.29. The summed E-state index contributed by atoms with van der Waals surface area (Å²) in [5, 5.41) is 4.42. The van der Waals surface area contributed by atoms with E-state index in [-0.39, 0.29) is 6.09 Å². The van der Waals surface area contributed by atoms with E-state index < -0.39 is 5.60 Å². The molecular formula is C18H24N4O3. The molecule has 3 rings (SSSR count). The molecule has 7 heteroatoms. The summed E-state index contributed by atoms with van der Waals surface area (Å²) in [5.74, 6) is 1.28. The molecule has 1 aromatic heterocycles. The molecule has 0 unspecified atom stereocenters. The number of rotatable bonds is 3. The van der Waals surface area contributed by atoms with Crippen LogP contribution in [0.2, 0.25) is 0 Å². The zero-order valence-corrected chi connectivity index (χ0v) is 15.1. The minimum absolute atomic E-state index is 0.334. The van der Waals surface area contributed by atoms with Crippen molar-refractivity contribution in [1.29, 1.82) is 0 Å². The van der Waals surface area contributed by atoms with Gasteiger partial charge in [0.25, 0.3) is 0 Å². The van der Waals surface area contributed by atoms with Crippen molar-refractivity contribution in [3.8, 4) is 5.75 Å². The molecule has 0 fully saturated rings. The number of anilines is 1. The van der Waals surface area contributed by atoms with Gasteiger partial charge < -0.3 is 15.2 Å². The number of hydrogen-bond acceptors (Lipinski definition) is 5. The highest BCUT2D eigenvalue weighted by Gasteiger charge is 2.32. The van der Waals surface area contributed by atoms with E-state index in [0.29, 0.717) is 25.5 Å². The highest BCUT2D eigenvalue weighted by molar-refractivity contribution is 5.70. The Kier molecular flexibility index (Phi) is 4.32. The number of nitrogens with two attached hydrogens (primary N) is 1. The summed E-state index contributed by atoms with van der Waals surface area (Å²) in [4.78, 5) is 13.9. The van der Waals surface area contributed by atoms with Gasteiger partial charge in [0.1, 0.15) is 11.4 Å². The third kappa shape index (κ3) is 3.70. The largest absolute Gasteiger partial charge is 0.497 e. The molecule has 0 atom stereocenters. The Morgan fingerprint density at radius 3 is 2.52 bits per heavy atom. The number of amides is 1. The molecule has 0 spiro atoms. The maximum atomic E-state index is 12.3. The van der Waals surface area contributed by atoms with E-state index in [1.807, 2.05) is 49.7 Å². The smallest absolute Gasteiger partial charge is 0.410 e. The molecule has 1 amide bonds. The third-order valence-electron chi connectivity index (χ3n) is 4.03. The van der Waals surface area contributed by atoms with E-state index in [1.165, 1.54) is 0 Å². The molecule has 0 saturated carbocycles. The average Bonchev–Trinajstić information content (AvgIpc) is 3.09. The molecule has 2 heterocycles. The molecule has 0 saturated heterocycles.